The molecule has 1 aliphatic carbocycles. The van der Waals surface area contributed by atoms with Crippen LogP contribution in [0, 0.1) is 0 Å². The van der Waals surface area contributed by atoms with Crippen LogP contribution in [0.4, 0.5) is 0 Å². The van der Waals surface area contributed by atoms with Crippen LogP contribution in [-0.2, 0) is 12.8 Å². The van der Waals surface area contributed by atoms with Crippen molar-refractivity contribution in [1.82, 2.24) is 4.90 Å². The Kier molecular flexibility index (Phi) is 2.70. The van der Waals surface area contributed by atoms with Gasteiger partial charge in [0.05, 0.1) is 0 Å². The maximum absolute atomic E-state index is 6.06. The highest BCUT2D eigenvalue weighted by molar-refractivity contribution is 5.33. The molecule has 1 heterocycles. The Hall–Kier alpha value is -0.860. The van der Waals surface area contributed by atoms with Crippen molar-refractivity contribution in [3.8, 4) is 0 Å². The molecule has 0 aromatic heterocycles. The van der Waals surface area contributed by atoms with Crippen LogP contribution in [0.25, 0.3) is 0 Å². The monoisotopic (exact) mass is 216 g/mol. The third kappa shape index (κ3) is 1.87. The molecule has 3 rings (SSSR count). The summed E-state index contributed by atoms with van der Waals surface area (Å²) in [6.07, 6.45) is 4.93. The molecular weight excluding hydrogens is 196 g/mol. The van der Waals surface area contributed by atoms with E-state index in [-0.39, 0.29) is 0 Å². The van der Waals surface area contributed by atoms with E-state index in [4.69, 9.17) is 5.73 Å². The summed E-state index contributed by atoms with van der Waals surface area (Å²) in [7, 11) is 0. The van der Waals surface area contributed by atoms with Crippen LogP contribution >= 0.6 is 0 Å². The Morgan fingerprint density at radius 1 is 1.12 bits per heavy atom. The van der Waals surface area contributed by atoms with Crippen molar-refractivity contribution in [3.63, 3.8) is 0 Å². The first kappa shape index (κ1) is 10.3. The quantitative estimate of drug-likeness (QED) is 0.772. The molecule has 0 bridgehead atoms. The van der Waals surface area contributed by atoms with E-state index in [0.717, 1.165) is 6.54 Å². The molecule has 16 heavy (non-hydrogen) atoms. The second-order valence-corrected chi connectivity index (χ2v) is 5.23. The fourth-order valence-corrected chi connectivity index (χ4v) is 3.17. The fourth-order valence-electron chi connectivity index (χ4n) is 3.17. The first-order chi connectivity index (χ1) is 7.83. The second-order valence-electron chi connectivity index (χ2n) is 5.23. The smallest absolute Gasteiger partial charge is 0.0177 e. The molecule has 0 amide bonds. The summed E-state index contributed by atoms with van der Waals surface area (Å²) < 4.78 is 0. The van der Waals surface area contributed by atoms with Crippen molar-refractivity contribution >= 4 is 0 Å². The molecular formula is C14H20N2. The average molecular weight is 216 g/mol. The van der Waals surface area contributed by atoms with Gasteiger partial charge in [-0.05, 0) is 43.4 Å². The maximum atomic E-state index is 6.06. The largest absolute Gasteiger partial charge is 0.327 e. The zero-order valence-corrected chi connectivity index (χ0v) is 9.73. The van der Waals surface area contributed by atoms with Crippen molar-refractivity contribution < 1.29 is 0 Å². The summed E-state index contributed by atoms with van der Waals surface area (Å²) >= 11 is 0. The number of fused-ring (bicyclic) bond motifs is 1. The van der Waals surface area contributed by atoms with Gasteiger partial charge in [-0.2, -0.15) is 0 Å². The summed E-state index contributed by atoms with van der Waals surface area (Å²) in [5.41, 5.74) is 9.15. The molecule has 0 radical (unpaired) electrons. The van der Waals surface area contributed by atoms with Crippen LogP contribution in [0.2, 0.25) is 0 Å². The lowest BCUT2D eigenvalue weighted by Gasteiger charge is -2.35. The van der Waals surface area contributed by atoms with E-state index in [0.29, 0.717) is 12.1 Å². The summed E-state index contributed by atoms with van der Waals surface area (Å²) in [5.74, 6) is 0. The van der Waals surface area contributed by atoms with E-state index in [2.05, 4.69) is 29.2 Å². The van der Waals surface area contributed by atoms with E-state index in [1.165, 1.54) is 32.2 Å². The molecule has 1 aromatic carbocycles. The van der Waals surface area contributed by atoms with Gasteiger partial charge in [0, 0.05) is 18.6 Å². The molecule has 0 spiro atoms. The highest BCUT2D eigenvalue weighted by Crippen LogP contribution is 2.26. The first-order valence-corrected chi connectivity index (χ1v) is 6.39. The van der Waals surface area contributed by atoms with Gasteiger partial charge in [-0.3, -0.25) is 4.90 Å². The number of rotatable bonds is 1. The molecule has 1 atom stereocenters. The van der Waals surface area contributed by atoms with Crippen LogP contribution in [-0.4, -0.2) is 30.1 Å². The van der Waals surface area contributed by atoms with E-state index in [1.54, 1.807) is 11.1 Å². The SMILES string of the molecule is N[C@H]1CCCN(C2Cc3ccccc3C2)C1. The summed E-state index contributed by atoms with van der Waals surface area (Å²) in [5, 5.41) is 0. The summed E-state index contributed by atoms with van der Waals surface area (Å²) in [6, 6.07) is 9.98. The van der Waals surface area contributed by atoms with Crippen molar-refractivity contribution in [2.75, 3.05) is 13.1 Å². The Bertz CT molecular complexity index is 350. The molecule has 2 aliphatic rings. The highest BCUT2D eigenvalue weighted by atomic mass is 15.2. The van der Waals surface area contributed by atoms with Crippen molar-refractivity contribution in [2.24, 2.45) is 5.73 Å². The Balaban J connectivity index is 1.71. The first-order valence-electron chi connectivity index (χ1n) is 6.39. The Morgan fingerprint density at radius 3 is 2.44 bits per heavy atom. The topological polar surface area (TPSA) is 29.3 Å². The maximum Gasteiger partial charge on any atom is 0.0177 e. The molecule has 1 saturated heterocycles. The van der Waals surface area contributed by atoms with Crippen LogP contribution in [0.3, 0.4) is 0 Å². The number of hydrogen-bond acceptors (Lipinski definition) is 2. The lowest BCUT2D eigenvalue weighted by molar-refractivity contribution is 0.153. The number of nitrogens with two attached hydrogens (primary N) is 1. The van der Waals surface area contributed by atoms with E-state index >= 15 is 0 Å². The van der Waals surface area contributed by atoms with Crippen LogP contribution in [0.5, 0.6) is 0 Å². The van der Waals surface area contributed by atoms with Gasteiger partial charge in [-0.25, -0.2) is 0 Å². The lowest BCUT2D eigenvalue weighted by atomic mass is 10.0. The normalized spacial score (nSPS) is 26.9. The second kappa shape index (κ2) is 4.19. The minimum atomic E-state index is 0.400. The Morgan fingerprint density at radius 2 is 1.81 bits per heavy atom. The minimum absolute atomic E-state index is 0.400. The fraction of sp³-hybridized carbons (Fsp3) is 0.571. The molecule has 0 saturated carbocycles. The van der Waals surface area contributed by atoms with Crippen molar-refractivity contribution in [3.05, 3.63) is 35.4 Å². The number of piperidine rings is 1. The number of benzene rings is 1. The van der Waals surface area contributed by atoms with Gasteiger partial charge >= 0.3 is 0 Å². The molecule has 1 aliphatic heterocycles. The zero-order chi connectivity index (χ0) is 11.0. The van der Waals surface area contributed by atoms with E-state index < -0.39 is 0 Å². The molecule has 2 N–H and O–H groups in total. The third-order valence-corrected chi connectivity index (χ3v) is 4.04. The van der Waals surface area contributed by atoms with E-state index in [9.17, 15) is 0 Å². The van der Waals surface area contributed by atoms with Gasteiger partial charge in [0.2, 0.25) is 0 Å². The molecule has 1 fully saturated rings. The number of nitrogens with zero attached hydrogens (tertiary/aromatic N) is 1. The van der Waals surface area contributed by atoms with Crippen molar-refractivity contribution in [1.29, 1.82) is 0 Å². The van der Waals surface area contributed by atoms with Crippen LogP contribution in [0.15, 0.2) is 24.3 Å². The molecule has 2 heteroatoms. The Labute approximate surface area is 97.4 Å². The van der Waals surface area contributed by atoms with Gasteiger partial charge in [0.25, 0.3) is 0 Å². The van der Waals surface area contributed by atoms with Gasteiger partial charge in [0.15, 0.2) is 0 Å². The van der Waals surface area contributed by atoms with Gasteiger partial charge in [-0.1, -0.05) is 24.3 Å². The minimum Gasteiger partial charge on any atom is -0.327 e. The van der Waals surface area contributed by atoms with Crippen molar-refractivity contribution in [2.45, 2.75) is 37.8 Å². The van der Waals surface area contributed by atoms with Gasteiger partial charge in [0.1, 0.15) is 0 Å². The molecule has 1 aromatic rings. The van der Waals surface area contributed by atoms with Crippen LogP contribution in [0.1, 0.15) is 24.0 Å². The van der Waals surface area contributed by atoms with E-state index in [1.807, 2.05) is 0 Å². The predicted molar refractivity (Wildman–Crippen MR) is 66.4 cm³/mol. The summed E-state index contributed by atoms with van der Waals surface area (Å²) in [4.78, 5) is 2.61. The molecule has 0 unspecified atom stereocenters. The van der Waals surface area contributed by atoms with Crippen LogP contribution < -0.4 is 5.73 Å². The average Bonchev–Trinajstić information content (AvgIpc) is 2.72. The lowest BCUT2D eigenvalue weighted by Crippen LogP contribution is -2.48. The van der Waals surface area contributed by atoms with Gasteiger partial charge in [-0.15, -0.1) is 0 Å². The molecule has 2 nitrogen and oxygen atoms in total. The highest BCUT2D eigenvalue weighted by Gasteiger charge is 2.29. The van der Waals surface area contributed by atoms with Gasteiger partial charge < -0.3 is 5.73 Å². The predicted octanol–water partition coefficient (Wildman–Crippen LogP) is 1.58. The standard InChI is InChI=1S/C14H20N2/c15-13-6-3-7-16(10-13)14-8-11-4-1-2-5-12(11)9-14/h1-2,4-5,13-14H,3,6-10,15H2/t13-/m0/s1. The zero-order valence-electron chi connectivity index (χ0n) is 9.73. The number of likely N-dealkylation sites (tertiary alicyclic amines) is 1. The summed E-state index contributed by atoms with van der Waals surface area (Å²) in [6.45, 7) is 2.34. The third-order valence-electron chi connectivity index (χ3n) is 4.04. The number of hydrogen-bond donors (Lipinski definition) is 1. The molecule has 86 valence electrons.